The van der Waals surface area contributed by atoms with Crippen molar-refractivity contribution in [2.45, 2.75) is 12.8 Å². The Balaban J connectivity index is 1.28. The molecule has 0 aliphatic rings. The molecule has 0 radical (unpaired) electrons. The van der Waals surface area contributed by atoms with Gasteiger partial charge in [0.1, 0.15) is 11.5 Å². The minimum absolute atomic E-state index is 0.0251. The second-order valence-corrected chi connectivity index (χ2v) is 10.9. The van der Waals surface area contributed by atoms with Crippen molar-refractivity contribution >= 4 is 56.7 Å². The minimum atomic E-state index is -0.477. The van der Waals surface area contributed by atoms with Crippen molar-refractivity contribution in [1.29, 1.82) is 0 Å². The third-order valence-electron chi connectivity index (χ3n) is 6.78. The lowest BCUT2D eigenvalue weighted by Crippen LogP contribution is -2.16. The van der Waals surface area contributed by atoms with Crippen LogP contribution < -0.4 is 10.6 Å². The Hall–Kier alpha value is -5.61. The van der Waals surface area contributed by atoms with Crippen molar-refractivity contribution in [3.05, 3.63) is 152 Å². The third kappa shape index (κ3) is 8.27. The van der Waals surface area contributed by atoms with Crippen LogP contribution in [0, 0.1) is 10.1 Å². The number of hydrogen-bond acceptors (Lipinski definition) is 6. The molecule has 4 aromatic carbocycles. The summed E-state index contributed by atoms with van der Waals surface area (Å²) in [5.41, 5.74) is 3.02. The summed E-state index contributed by atoms with van der Waals surface area (Å²) in [5.74, 6) is -0.123. The van der Waals surface area contributed by atoms with E-state index in [9.17, 15) is 24.5 Å². The number of hydrogen-bond donors (Lipinski definition) is 2. The fourth-order valence-corrected chi connectivity index (χ4v) is 4.74. The third-order valence-corrected chi connectivity index (χ3v) is 7.31. The summed E-state index contributed by atoms with van der Waals surface area (Å²) in [6, 6.07) is 30.4. The molecule has 45 heavy (non-hydrogen) atoms. The van der Waals surface area contributed by atoms with Gasteiger partial charge in [0.15, 0.2) is 5.78 Å². The van der Waals surface area contributed by atoms with Crippen LogP contribution in [-0.4, -0.2) is 22.5 Å². The van der Waals surface area contributed by atoms with Gasteiger partial charge in [0.05, 0.1) is 10.6 Å². The second kappa shape index (κ2) is 14.2. The molecule has 0 spiro atoms. The lowest BCUT2D eigenvalue weighted by atomic mass is 10.0. The molecule has 0 aliphatic carbocycles. The van der Waals surface area contributed by atoms with E-state index < -0.39 is 10.8 Å². The van der Waals surface area contributed by atoms with E-state index in [1.807, 2.05) is 24.3 Å². The first-order valence-electron chi connectivity index (χ1n) is 13.9. The van der Waals surface area contributed by atoms with Gasteiger partial charge in [-0.3, -0.25) is 24.5 Å². The molecular weight excluding hydrogens is 638 g/mol. The summed E-state index contributed by atoms with van der Waals surface area (Å²) in [5, 5.41) is 16.5. The van der Waals surface area contributed by atoms with E-state index in [0.717, 1.165) is 10.0 Å². The van der Waals surface area contributed by atoms with Gasteiger partial charge in [-0.25, -0.2) is 0 Å². The van der Waals surface area contributed by atoms with Crippen molar-refractivity contribution in [2.75, 3.05) is 10.6 Å². The summed E-state index contributed by atoms with van der Waals surface area (Å²) in [6.45, 7) is 0. The molecule has 5 aromatic rings. The fraction of sp³-hybridized carbons (Fsp3) is 0.0571. The van der Waals surface area contributed by atoms with Gasteiger partial charge >= 0.3 is 0 Å². The van der Waals surface area contributed by atoms with Gasteiger partial charge in [-0.1, -0.05) is 58.4 Å². The molecule has 10 heteroatoms. The summed E-state index contributed by atoms with van der Waals surface area (Å²) in [4.78, 5) is 49.5. The molecule has 224 valence electrons. The fourth-order valence-electron chi connectivity index (χ4n) is 4.47. The predicted molar refractivity (Wildman–Crippen MR) is 176 cm³/mol. The van der Waals surface area contributed by atoms with Gasteiger partial charge in [-0.05, 0) is 72.7 Å². The standard InChI is InChI=1S/C35H26BrN3O6/c36-26-11-6-23(7-12-26)8-20-34(41)38-31-18-13-27(22-30(31)35(42)25-4-2-1-3-5-25)37-33(40)21-17-29-16-19-32(45-29)24-9-14-28(15-10-24)39(43)44/h1-7,9-19,21-22H,8,20H2,(H,37,40)(H,38,41)/b21-17+. The first-order valence-corrected chi connectivity index (χ1v) is 14.7. The Kier molecular flexibility index (Phi) is 9.76. The Morgan fingerprint density at radius 1 is 0.844 bits per heavy atom. The molecule has 9 nitrogen and oxygen atoms in total. The van der Waals surface area contributed by atoms with Crippen LogP contribution >= 0.6 is 15.9 Å². The molecule has 0 aliphatic heterocycles. The maximum atomic E-state index is 13.5. The van der Waals surface area contributed by atoms with Crippen LogP contribution in [0.3, 0.4) is 0 Å². The van der Waals surface area contributed by atoms with Gasteiger partial charge in [-0.15, -0.1) is 0 Å². The van der Waals surface area contributed by atoms with Crippen LogP contribution in [0.25, 0.3) is 17.4 Å². The maximum Gasteiger partial charge on any atom is 0.269 e. The first-order chi connectivity index (χ1) is 21.7. The number of aryl methyl sites for hydroxylation is 1. The number of amides is 2. The Labute approximate surface area is 266 Å². The van der Waals surface area contributed by atoms with Crippen LogP contribution in [0.4, 0.5) is 17.1 Å². The van der Waals surface area contributed by atoms with Crippen molar-refractivity contribution in [3.63, 3.8) is 0 Å². The van der Waals surface area contributed by atoms with Gasteiger partial charge in [-0.2, -0.15) is 0 Å². The van der Waals surface area contributed by atoms with Gasteiger partial charge in [0, 0.05) is 51.5 Å². The normalized spacial score (nSPS) is 10.9. The highest BCUT2D eigenvalue weighted by atomic mass is 79.9. The molecule has 1 heterocycles. The average Bonchev–Trinajstić information content (AvgIpc) is 3.53. The molecule has 2 N–H and O–H groups in total. The number of nitrogens with zero attached hydrogens (tertiary/aromatic N) is 1. The van der Waals surface area contributed by atoms with E-state index >= 15 is 0 Å². The van der Waals surface area contributed by atoms with Crippen LogP contribution in [-0.2, 0) is 16.0 Å². The minimum Gasteiger partial charge on any atom is -0.457 e. The number of rotatable bonds is 11. The number of carbonyl (C=O) groups is 3. The van der Waals surface area contributed by atoms with Crippen LogP contribution in [0.5, 0.6) is 0 Å². The molecular formula is C35H26BrN3O6. The maximum absolute atomic E-state index is 13.5. The molecule has 0 atom stereocenters. The van der Waals surface area contributed by atoms with Gasteiger partial charge in [0.25, 0.3) is 5.69 Å². The first kappa shape index (κ1) is 30.8. The summed E-state index contributed by atoms with van der Waals surface area (Å²) in [7, 11) is 0. The molecule has 2 amide bonds. The van der Waals surface area contributed by atoms with Crippen LogP contribution in [0.1, 0.15) is 33.7 Å². The molecule has 0 fully saturated rings. The van der Waals surface area contributed by atoms with E-state index in [1.165, 1.54) is 30.4 Å². The topological polar surface area (TPSA) is 132 Å². The zero-order valence-electron chi connectivity index (χ0n) is 23.7. The number of anilines is 2. The number of nitro groups is 1. The Morgan fingerprint density at radius 2 is 1.58 bits per heavy atom. The van der Waals surface area contributed by atoms with E-state index in [2.05, 4.69) is 26.6 Å². The number of nitrogens with one attached hydrogen (secondary N) is 2. The predicted octanol–water partition coefficient (Wildman–Crippen LogP) is 8.07. The second-order valence-electron chi connectivity index (χ2n) is 9.96. The number of nitro benzene ring substituents is 1. The number of ketones is 1. The van der Waals surface area contributed by atoms with Crippen LogP contribution in [0.15, 0.2) is 124 Å². The number of non-ortho nitro benzene ring substituents is 1. The molecule has 0 saturated heterocycles. The van der Waals surface area contributed by atoms with Crippen molar-refractivity contribution in [2.24, 2.45) is 0 Å². The highest BCUT2D eigenvalue weighted by Crippen LogP contribution is 2.26. The van der Waals surface area contributed by atoms with E-state index in [-0.39, 0.29) is 29.4 Å². The summed E-state index contributed by atoms with van der Waals surface area (Å²) in [6.07, 6.45) is 3.53. The van der Waals surface area contributed by atoms with Gasteiger partial charge in [0.2, 0.25) is 11.8 Å². The highest BCUT2D eigenvalue weighted by molar-refractivity contribution is 9.10. The SMILES string of the molecule is O=C(/C=C/c1ccc(-c2ccc([N+](=O)[O-])cc2)o1)Nc1ccc(NC(=O)CCc2ccc(Br)cc2)c(C(=O)c2ccccc2)c1. The quantitative estimate of drug-likeness (QED) is 0.0636. The Bertz CT molecular complexity index is 1880. The van der Waals surface area contributed by atoms with Crippen LogP contribution in [0.2, 0.25) is 0 Å². The number of furan rings is 1. The molecule has 0 saturated carbocycles. The zero-order valence-corrected chi connectivity index (χ0v) is 25.3. The zero-order chi connectivity index (χ0) is 31.8. The molecule has 1 aromatic heterocycles. The Morgan fingerprint density at radius 3 is 2.29 bits per heavy atom. The largest absolute Gasteiger partial charge is 0.457 e. The van der Waals surface area contributed by atoms with Gasteiger partial charge < -0.3 is 15.1 Å². The molecule has 0 bridgehead atoms. The van der Waals surface area contributed by atoms with Crippen molar-refractivity contribution in [3.8, 4) is 11.3 Å². The number of halogens is 1. The van der Waals surface area contributed by atoms with E-state index in [1.54, 1.807) is 66.7 Å². The van der Waals surface area contributed by atoms with E-state index in [4.69, 9.17) is 4.42 Å². The lowest BCUT2D eigenvalue weighted by molar-refractivity contribution is -0.384. The smallest absolute Gasteiger partial charge is 0.269 e. The number of carbonyl (C=O) groups excluding carboxylic acids is 3. The van der Waals surface area contributed by atoms with E-state index in [0.29, 0.717) is 40.4 Å². The molecule has 0 unspecified atom stereocenters. The summed E-state index contributed by atoms with van der Waals surface area (Å²) < 4.78 is 6.71. The van der Waals surface area contributed by atoms with Crippen molar-refractivity contribution < 1.29 is 23.7 Å². The average molecular weight is 665 g/mol. The summed E-state index contributed by atoms with van der Waals surface area (Å²) >= 11 is 3.40. The number of benzene rings is 4. The molecule has 5 rings (SSSR count). The monoisotopic (exact) mass is 663 g/mol. The highest BCUT2D eigenvalue weighted by Gasteiger charge is 2.17. The lowest BCUT2D eigenvalue weighted by Gasteiger charge is -2.13. The van der Waals surface area contributed by atoms with Crippen molar-refractivity contribution in [1.82, 2.24) is 0 Å².